The second kappa shape index (κ2) is 11.0. The van der Waals surface area contributed by atoms with Gasteiger partial charge >= 0.3 is 0 Å². The first-order valence-electron chi connectivity index (χ1n) is 13.8. The average molecular weight is 489 g/mol. The van der Waals surface area contributed by atoms with E-state index < -0.39 is 0 Å². The lowest BCUT2D eigenvalue weighted by atomic mass is 9.87. The number of benzene rings is 1. The van der Waals surface area contributed by atoms with Crippen LogP contribution in [-0.4, -0.2) is 47.5 Å². The van der Waals surface area contributed by atoms with Gasteiger partial charge in [0, 0.05) is 47.7 Å². The van der Waals surface area contributed by atoms with E-state index in [0.717, 1.165) is 54.2 Å². The Balaban J connectivity index is 1.41. The van der Waals surface area contributed by atoms with Gasteiger partial charge in [-0.15, -0.1) is 0 Å². The summed E-state index contributed by atoms with van der Waals surface area (Å²) in [6.45, 7) is 7.86. The smallest absolute Gasteiger partial charge is 0.253 e. The van der Waals surface area contributed by atoms with Gasteiger partial charge in [0.1, 0.15) is 0 Å². The predicted octanol–water partition coefficient (Wildman–Crippen LogP) is 4.50. The summed E-state index contributed by atoms with van der Waals surface area (Å²) in [7, 11) is 0. The summed E-state index contributed by atoms with van der Waals surface area (Å²) in [5.74, 6) is -0.107. The van der Waals surface area contributed by atoms with E-state index in [2.05, 4.69) is 45.2 Å². The number of hydrogen-bond acceptors (Lipinski definition) is 4. The lowest BCUT2D eigenvalue weighted by molar-refractivity contribution is 0.0866. The minimum absolute atomic E-state index is 0.105. The number of anilines is 1. The topological polar surface area (TPSA) is 68.4 Å². The van der Waals surface area contributed by atoms with Crippen LogP contribution in [0.25, 0.3) is 0 Å². The first kappa shape index (κ1) is 24.8. The van der Waals surface area contributed by atoms with E-state index in [1.165, 1.54) is 50.9 Å². The average Bonchev–Trinajstić information content (AvgIpc) is 2.83. The zero-order valence-electron chi connectivity index (χ0n) is 21.8. The number of likely N-dealkylation sites (tertiary alicyclic amines) is 1. The van der Waals surface area contributed by atoms with Gasteiger partial charge < -0.3 is 20.1 Å². The van der Waals surface area contributed by atoms with Crippen molar-refractivity contribution in [2.24, 2.45) is 0 Å². The summed E-state index contributed by atoms with van der Waals surface area (Å²) >= 11 is 0. The molecule has 0 bridgehead atoms. The molecule has 2 N–H and O–H groups in total. The number of hydrogen-bond donors (Lipinski definition) is 2. The molecule has 192 valence electrons. The second-order valence-corrected chi connectivity index (χ2v) is 10.6. The molecule has 2 aliphatic heterocycles. The summed E-state index contributed by atoms with van der Waals surface area (Å²) in [6.07, 6.45) is 13.1. The summed E-state index contributed by atoms with van der Waals surface area (Å²) in [5.41, 5.74) is 5.43. The van der Waals surface area contributed by atoms with Gasteiger partial charge in [-0.1, -0.05) is 18.2 Å². The van der Waals surface area contributed by atoms with Crippen LogP contribution in [0, 0.1) is 6.92 Å². The maximum atomic E-state index is 13.4. The van der Waals surface area contributed by atoms with Gasteiger partial charge in [-0.2, -0.15) is 0 Å². The summed E-state index contributed by atoms with van der Waals surface area (Å²) in [4.78, 5) is 34.2. The minimum Gasteiger partial charge on any atom is -0.369 e. The van der Waals surface area contributed by atoms with Gasteiger partial charge in [0.2, 0.25) is 0 Å². The maximum absolute atomic E-state index is 13.4. The third kappa shape index (κ3) is 5.15. The first-order chi connectivity index (χ1) is 17.5. The Bertz CT molecular complexity index is 1170. The Kier molecular flexibility index (Phi) is 7.61. The Morgan fingerprint density at radius 2 is 1.86 bits per heavy atom. The Hall–Kier alpha value is -2.86. The molecule has 3 heterocycles. The van der Waals surface area contributed by atoms with Crippen LogP contribution < -0.4 is 15.8 Å². The lowest BCUT2D eigenvalue weighted by Crippen LogP contribution is -2.49. The number of fused-ring (bicyclic) bond motifs is 2. The van der Waals surface area contributed by atoms with Gasteiger partial charge in [0.15, 0.2) is 0 Å². The number of carbonyl (C=O) groups is 1. The lowest BCUT2D eigenvalue weighted by Gasteiger charge is -2.45. The van der Waals surface area contributed by atoms with Gasteiger partial charge in [-0.25, -0.2) is 0 Å². The van der Waals surface area contributed by atoms with Gasteiger partial charge in [-0.05, 0) is 108 Å². The van der Waals surface area contributed by atoms with E-state index in [4.69, 9.17) is 0 Å². The quantitative estimate of drug-likeness (QED) is 0.622. The molecular weight excluding hydrogens is 448 g/mol. The number of nitrogens with zero attached hydrogens (tertiary/aromatic N) is 2. The predicted molar refractivity (Wildman–Crippen MR) is 146 cm³/mol. The first-order valence-corrected chi connectivity index (χ1v) is 13.8. The van der Waals surface area contributed by atoms with Crippen molar-refractivity contribution < 1.29 is 4.79 Å². The van der Waals surface area contributed by atoms with Crippen molar-refractivity contribution in [3.63, 3.8) is 0 Å². The van der Waals surface area contributed by atoms with E-state index in [0.29, 0.717) is 11.6 Å². The van der Waals surface area contributed by atoms with Crippen LogP contribution in [0.15, 0.2) is 41.2 Å². The molecule has 2 fully saturated rings. The van der Waals surface area contributed by atoms with Crippen molar-refractivity contribution >= 4 is 11.6 Å². The van der Waals surface area contributed by atoms with Crippen molar-refractivity contribution in [3.8, 4) is 0 Å². The molecule has 0 radical (unpaired) electrons. The van der Waals surface area contributed by atoms with Crippen LogP contribution in [0.5, 0.6) is 0 Å². The molecule has 36 heavy (non-hydrogen) atoms. The van der Waals surface area contributed by atoms with E-state index >= 15 is 0 Å². The standard InChI is InChI=1S/C30H40N4O2/c1-3-34(24-15-13-23(14-16-24)33-17-8-18-33)28-12-7-11-26-25(28)10-6-4-5-9-22-19-21(2)32-30(36)27(22)20-31-29(26)35/h4,6-7,11-12,19,23-24H,3,5,8-10,13-18,20H2,1-2H3,(H,31,35)(H,32,36). The molecule has 1 saturated heterocycles. The highest BCUT2D eigenvalue weighted by atomic mass is 16.1. The van der Waals surface area contributed by atoms with Crippen LogP contribution in [0.1, 0.15) is 78.2 Å². The highest BCUT2D eigenvalue weighted by molar-refractivity contribution is 5.97. The van der Waals surface area contributed by atoms with Gasteiger partial charge in [0.25, 0.3) is 11.5 Å². The molecule has 1 aromatic heterocycles. The molecule has 3 aliphatic rings. The molecule has 1 saturated carbocycles. The molecule has 0 spiro atoms. The highest BCUT2D eigenvalue weighted by Crippen LogP contribution is 2.34. The largest absolute Gasteiger partial charge is 0.369 e. The number of aryl methyl sites for hydroxylation is 2. The number of aromatic nitrogens is 1. The Morgan fingerprint density at radius 3 is 2.58 bits per heavy atom. The zero-order valence-corrected chi connectivity index (χ0v) is 21.8. The van der Waals surface area contributed by atoms with Gasteiger partial charge in [0.05, 0.1) is 0 Å². The third-order valence-electron chi connectivity index (χ3n) is 8.42. The number of allylic oxidation sites excluding steroid dienone is 2. The van der Waals surface area contributed by atoms with Crippen LogP contribution in [0.4, 0.5) is 5.69 Å². The highest BCUT2D eigenvalue weighted by Gasteiger charge is 2.32. The Morgan fingerprint density at radius 1 is 1.06 bits per heavy atom. The number of nitrogens with one attached hydrogen (secondary N) is 2. The van der Waals surface area contributed by atoms with Gasteiger partial charge in [-0.3, -0.25) is 9.59 Å². The fourth-order valence-corrected chi connectivity index (χ4v) is 6.36. The Labute approximate surface area is 214 Å². The van der Waals surface area contributed by atoms with Crippen molar-refractivity contribution in [2.75, 3.05) is 24.5 Å². The fraction of sp³-hybridized carbons (Fsp3) is 0.533. The molecule has 0 atom stereocenters. The third-order valence-corrected chi connectivity index (χ3v) is 8.42. The van der Waals surface area contributed by atoms with E-state index in [1.54, 1.807) is 0 Å². The number of H-pyrrole nitrogens is 1. The van der Waals surface area contributed by atoms with E-state index in [9.17, 15) is 9.59 Å². The molecular formula is C30H40N4O2. The second-order valence-electron chi connectivity index (χ2n) is 10.6. The summed E-state index contributed by atoms with van der Waals surface area (Å²) in [6, 6.07) is 9.45. The van der Waals surface area contributed by atoms with Crippen LogP contribution in [0.3, 0.4) is 0 Å². The number of carbonyl (C=O) groups excluding carboxylic acids is 1. The van der Waals surface area contributed by atoms with Crippen molar-refractivity contribution in [2.45, 2.75) is 83.8 Å². The van der Waals surface area contributed by atoms with Crippen LogP contribution in [-0.2, 0) is 19.4 Å². The van der Waals surface area contributed by atoms with Crippen molar-refractivity contribution in [1.82, 2.24) is 15.2 Å². The van der Waals surface area contributed by atoms with Crippen LogP contribution >= 0.6 is 0 Å². The monoisotopic (exact) mass is 488 g/mol. The van der Waals surface area contributed by atoms with E-state index in [-0.39, 0.29) is 18.0 Å². The molecule has 5 rings (SSSR count). The molecule has 1 aliphatic carbocycles. The summed E-state index contributed by atoms with van der Waals surface area (Å²) in [5, 5.41) is 3.06. The number of amides is 1. The number of pyridine rings is 1. The minimum atomic E-state index is -0.107. The zero-order chi connectivity index (χ0) is 25.1. The van der Waals surface area contributed by atoms with Crippen molar-refractivity contribution in [1.29, 1.82) is 0 Å². The summed E-state index contributed by atoms with van der Waals surface area (Å²) < 4.78 is 0. The molecule has 0 unspecified atom stereocenters. The fourth-order valence-electron chi connectivity index (χ4n) is 6.36. The van der Waals surface area contributed by atoms with E-state index in [1.807, 2.05) is 25.1 Å². The molecule has 6 heteroatoms. The molecule has 2 aromatic rings. The maximum Gasteiger partial charge on any atom is 0.253 e. The SMILES string of the molecule is CCN(c1cccc2c1CC=CCCc1cc(C)[nH]c(=O)c1CNC2=O)C1CCC(N2CCC2)CC1. The van der Waals surface area contributed by atoms with Crippen LogP contribution in [0.2, 0.25) is 0 Å². The molecule has 6 nitrogen and oxygen atoms in total. The number of rotatable bonds is 4. The molecule has 1 amide bonds. The normalized spacial score (nSPS) is 22.9. The van der Waals surface area contributed by atoms with Crippen molar-refractivity contribution in [3.05, 3.63) is 74.7 Å². The number of aromatic amines is 1. The molecule has 1 aromatic carbocycles.